The van der Waals surface area contributed by atoms with Crippen LogP contribution in [0.5, 0.6) is 0 Å². The molecule has 29 heavy (non-hydrogen) atoms. The molecule has 0 bridgehead atoms. The van der Waals surface area contributed by atoms with Gasteiger partial charge in [0.2, 0.25) is 5.91 Å². The number of benzene rings is 3. The number of para-hydroxylation sites is 1. The number of rotatable bonds is 3. The van der Waals surface area contributed by atoms with Crippen molar-refractivity contribution in [1.82, 2.24) is 0 Å². The van der Waals surface area contributed by atoms with Crippen LogP contribution in [0.1, 0.15) is 33.8 Å². The molecule has 4 heteroatoms. The maximum Gasteiger partial charge on any atom is 0.246 e. The summed E-state index contributed by atoms with van der Waals surface area (Å²) in [6.45, 7) is 0. The predicted molar refractivity (Wildman–Crippen MR) is 117 cm³/mol. The number of anilines is 1. The van der Waals surface area contributed by atoms with Crippen molar-refractivity contribution in [3.63, 3.8) is 0 Å². The molecule has 3 aromatic carbocycles. The second-order valence-electron chi connectivity index (χ2n) is 7.30. The number of thioether (sulfide) groups is 1. The Balaban J connectivity index is 1.65. The molecule has 2 atom stereocenters. The largest absolute Gasteiger partial charge is 0.324 e. The fraction of sp³-hybridized carbons (Fsp3) is 0.120. The molecule has 0 saturated carbocycles. The van der Waals surface area contributed by atoms with E-state index in [0.717, 1.165) is 16.8 Å². The van der Waals surface area contributed by atoms with Crippen LogP contribution >= 0.6 is 11.8 Å². The summed E-state index contributed by atoms with van der Waals surface area (Å²) in [5, 5.41) is 3.06. The number of Topliss-reactive ketones (excluding diaryl/α,β-unsaturated/α-hetero) is 1. The number of amides is 1. The molecule has 1 spiro atoms. The quantitative estimate of drug-likeness (QED) is 0.592. The van der Waals surface area contributed by atoms with E-state index in [0.29, 0.717) is 16.9 Å². The van der Waals surface area contributed by atoms with Crippen LogP contribution in [0, 0.1) is 0 Å². The Morgan fingerprint density at radius 1 is 0.897 bits per heavy atom. The number of carbonyl (C=O) groups excluding carboxylic acids is 2. The molecule has 142 valence electrons. The summed E-state index contributed by atoms with van der Waals surface area (Å²) >= 11 is 1.40. The van der Waals surface area contributed by atoms with Crippen LogP contribution in [-0.4, -0.2) is 11.7 Å². The molecule has 0 fully saturated rings. The summed E-state index contributed by atoms with van der Waals surface area (Å²) in [5.74, 6) is -0.132. The number of hydrogen-bond donors (Lipinski definition) is 1. The zero-order chi connectivity index (χ0) is 19.8. The van der Waals surface area contributed by atoms with Crippen LogP contribution in [0.25, 0.3) is 0 Å². The molecule has 0 aliphatic carbocycles. The van der Waals surface area contributed by atoms with Crippen LogP contribution in [0.3, 0.4) is 0 Å². The van der Waals surface area contributed by atoms with E-state index in [-0.39, 0.29) is 17.6 Å². The van der Waals surface area contributed by atoms with E-state index in [1.807, 2.05) is 78.9 Å². The van der Waals surface area contributed by atoms with Gasteiger partial charge >= 0.3 is 0 Å². The third-order valence-electron chi connectivity index (χ3n) is 5.68. The molecule has 0 unspecified atom stereocenters. The van der Waals surface area contributed by atoms with Gasteiger partial charge in [0.15, 0.2) is 5.78 Å². The maximum absolute atomic E-state index is 13.4. The first-order chi connectivity index (χ1) is 14.2. The Kier molecular flexibility index (Phi) is 4.36. The Morgan fingerprint density at radius 3 is 2.31 bits per heavy atom. The zero-order valence-electron chi connectivity index (χ0n) is 15.7. The van der Waals surface area contributed by atoms with Crippen molar-refractivity contribution < 1.29 is 9.59 Å². The number of ketones is 1. The van der Waals surface area contributed by atoms with Gasteiger partial charge < -0.3 is 5.32 Å². The minimum atomic E-state index is -0.855. The highest BCUT2D eigenvalue weighted by Crippen LogP contribution is 2.60. The summed E-state index contributed by atoms with van der Waals surface area (Å²) in [6, 6.07) is 27.2. The lowest BCUT2D eigenvalue weighted by molar-refractivity contribution is -0.118. The van der Waals surface area contributed by atoms with Crippen molar-refractivity contribution in [2.24, 2.45) is 0 Å². The SMILES string of the molecule is O=C(C1=CC[C@@H](c2ccccc2)[C@@]2(S1)C(=O)Nc1ccccc12)c1ccccc1. The Morgan fingerprint density at radius 2 is 1.55 bits per heavy atom. The normalized spacial score (nSPS) is 22.7. The monoisotopic (exact) mass is 397 g/mol. The molecule has 0 aromatic heterocycles. The Bertz CT molecular complexity index is 1120. The van der Waals surface area contributed by atoms with Crippen LogP contribution in [-0.2, 0) is 9.54 Å². The highest BCUT2D eigenvalue weighted by molar-refractivity contribution is 8.05. The smallest absolute Gasteiger partial charge is 0.246 e. The molecule has 2 aliphatic rings. The van der Waals surface area contributed by atoms with E-state index in [2.05, 4.69) is 17.4 Å². The summed E-state index contributed by atoms with van der Waals surface area (Å²) in [6.07, 6.45) is 2.63. The average Bonchev–Trinajstić information content (AvgIpc) is 3.06. The van der Waals surface area contributed by atoms with Crippen molar-refractivity contribution in [2.45, 2.75) is 17.1 Å². The average molecular weight is 397 g/mol. The van der Waals surface area contributed by atoms with Crippen LogP contribution in [0.4, 0.5) is 5.69 Å². The lowest BCUT2D eigenvalue weighted by atomic mass is 9.78. The second kappa shape index (κ2) is 7.05. The summed E-state index contributed by atoms with van der Waals surface area (Å²) in [7, 11) is 0. The van der Waals surface area contributed by atoms with Crippen molar-refractivity contribution in [3.8, 4) is 0 Å². The molecule has 1 amide bonds. The molecule has 5 rings (SSSR count). The van der Waals surface area contributed by atoms with Gasteiger partial charge in [0.1, 0.15) is 4.75 Å². The summed E-state index contributed by atoms with van der Waals surface area (Å²) in [4.78, 5) is 27.2. The van der Waals surface area contributed by atoms with Crippen molar-refractivity contribution in [3.05, 3.63) is 113 Å². The molecular weight excluding hydrogens is 378 g/mol. The number of hydrogen-bond acceptors (Lipinski definition) is 3. The van der Waals surface area contributed by atoms with Gasteiger partial charge in [0.05, 0.1) is 4.91 Å². The molecule has 3 nitrogen and oxygen atoms in total. The van der Waals surface area contributed by atoms with Crippen molar-refractivity contribution in [1.29, 1.82) is 0 Å². The van der Waals surface area contributed by atoms with Gasteiger partial charge in [-0.3, -0.25) is 9.59 Å². The number of fused-ring (bicyclic) bond motifs is 2. The van der Waals surface area contributed by atoms with E-state index in [4.69, 9.17) is 0 Å². The van der Waals surface area contributed by atoms with E-state index < -0.39 is 4.75 Å². The lowest BCUT2D eigenvalue weighted by Gasteiger charge is -2.39. The molecule has 1 N–H and O–H groups in total. The number of nitrogens with one attached hydrogen (secondary N) is 1. The first-order valence-electron chi connectivity index (χ1n) is 9.65. The Labute approximate surface area is 173 Å². The van der Waals surface area contributed by atoms with Gasteiger partial charge in [0, 0.05) is 22.7 Å². The van der Waals surface area contributed by atoms with Crippen molar-refractivity contribution in [2.75, 3.05) is 5.32 Å². The van der Waals surface area contributed by atoms with E-state index in [9.17, 15) is 9.59 Å². The molecule has 3 aromatic rings. The van der Waals surface area contributed by atoms with Gasteiger partial charge in [-0.05, 0) is 18.1 Å². The first-order valence-corrected chi connectivity index (χ1v) is 10.5. The first kappa shape index (κ1) is 18.0. The Hall–Kier alpha value is -3.11. The fourth-order valence-corrected chi connectivity index (χ4v) is 5.85. The highest BCUT2D eigenvalue weighted by Gasteiger charge is 2.55. The number of allylic oxidation sites excluding steroid dienone is 2. The minimum absolute atomic E-state index is 0.0290. The highest BCUT2D eigenvalue weighted by atomic mass is 32.2. The van der Waals surface area contributed by atoms with E-state index in [1.165, 1.54) is 11.8 Å². The fourth-order valence-electron chi connectivity index (χ4n) is 4.30. The third kappa shape index (κ3) is 2.83. The molecular formula is C25H19NO2S. The van der Waals surface area contributed by atoms with E-state index in [1.54, 1.807) is 0 Å². The van der Waals surface area contributed by atoms with Crippen LogP contribution in [0.2, 0.25) is 0 Å². The lowest BCUT2D eigenvalue weighted by Crippen LogP contribution is -2.39. The maximum atomic E-state index is 13.4. The topological polar surface area (TPSA) is 46.2 Å². The van der Waals surface area contributed by atoms with Gasteiger partial charge in [0.25, 0.3) is 0 Å². The third-order valence-corrected chi connectivity index (χ3v) is 7.26. The predicted octanol–water partition coefficient (Wildman–Crippen LogP) is 5.52. The van der Waals surface area contributed by atoms with E-state index >= 15 is 0 Å². The second-order valence-corrected chi connectivity index (χ2v) is 8.59. The standard InChI is InChI=1S/C25H19NO2S/c27-23(18-11-5-2-6-12-18)22-16-15-19(17-9-3-1-4-10-17)25(29-22)20-13-7-8-14-21(20)26-24(25)28/h1-14,16,19H,15H2,(H,26,28)/t19-,25-/m0/s1. The van der Waals surface area contributed by atoms with Crippen LogP contribution in [0.15, 0.2) is 95.9 Å². The molecule has 2 heterocycles. The number of carbonyl (C=O) groups is 2. The van der Waals surface area contributed by atoms with Gasteiger partial charge in [-0.15, -0.1) is 0 Å². The molecule has 0 saturated heterocycles. The zero-order valence-corrected chi connectivity index (χ0v) is 16.5. The summed E-state index contributed by atoms with van der Waals surface area (Å²) in [5.41, 5.74) is 3.54. The van der Waals surface area contributed by atoms with Gasteiger partial charge in [-0.25, -0.2) is 0 Å². The molecule has 2 aliphatic heterocycles. The van der Waals surface area contributed by atoms with Gasteiger partial charge in [-0.2, -0.15) is 0 Å². The minimum Gasteiger partial charge on any atom is -0.324 e. The van der Waals surface area contributed by atoms with Gasteiger partial charge in [-0.1, -0.05) is 96.7 Å². The van der Waals surface area contributed by atoms with Crippen molar-refractivity contribution >= 4 is 29.1 Å². The summed E-state index contributed by atoms with van der Waals surface area (Å²) < 4.78 is -0.855. The molecule has 0 radical (unpaired) electrons. The van der Waals surface area contributed by atoms with Crippen LogP contribution < -0.4 is 5.32 Å².